The molecule has 4 heteroatoms. The van der Waals surface area contributed by atoms with Crippen LogP contribution in [0.1, 0.15) is 56.7 Å². The van der Waals surface area contributed by atoms with Crippen molar-refractivity contribution in [3.8, 4) is 0 Å². The van der Waals surface area contributed by atoms with E-state index in [1.165, 1.54) is 12.8 Å². The second-order valence-corrected chi connectivity index (χ2v) is 4.96. The average Bonchev–Trinajstić information content (AvgIpc) is 2.89. The average molecular weight is 208 g/mol. The molecule has 1 aromatic rings. The van der Waals surface area contributed by atoms with E-state index < -0.39 is 0 Å². The van der Waals surface area contributed by atoms with Crippen LogP contribution in [-0.4, -0.2) is 14.8 Å². The molecule has 1 atom stereocenters. The quantitative estimate of drug-likeness (QED) is 0.820. The standard InChI is InChI=1S/C11H20N4/c1-7(2)6-9(12)11-13-10(8-4-5-8)14-15(11)3/h7-9H,4-6,12H2,1-3H3. The highest BCUT2D eigenvalue weighted by molar-refractivity contribution is 5.07. The SMILES string of the molecule is CC(C)CC(N)c1nc(C2CC2)nn1C. The molecule has 84 valence electrons. The Bertz CT molecular complexity index is 338. The molecule has 15 heavy (non-hydrogen) atoms. The third-order valence-corrected chi connectivity index (χ3v) is 2.81. The molecule has 0 aliphatic heterocycles. The molecule has 1 unspecified atom stereocenters. The van der Waals surface area contributed by atoms with Gasteiger partial charge in [0.1, 0.15) is 5.82 Å². The summed E-state index contributed by atoms with van der Waals surface area (Å²) >= 11 is 0. The molecule has 0 bridgehead atoms. The highest BCUT2D eigenvalue weighted by atomic mass is 15.3. The van der Waals surface area contributed by atoms with Gasteiger partial charge in [-0.2, -0.15) is 5.10 Å². The summed E-state index contributed by atoms with van der Waals surface area (Å²) in [6.45, 7) is 4.36. The number of aromatic nitrogens is 3. The molecule has 4 nitrogen and oxygen atoms in total. The molecule has 1 aliphatic rings. The molecule has 0 saturated heterocycles. The van der Waals surface area contributed by atoms with Gasteiger partial charge in [-0.1, -0.05) is 13.8 Å². The van der Waals surface area contributed by atoms with Crippen molar-refractivity contribution in [2.75, 3.05) is 0 Å². The van der Waals surface area contributed by atoms with Crippen molar-refractivity contribution in [1.82, 2.24) is 14.8 Å². The number of nitrogens with zero attached hydrogens (tertiary/aromatic N) is 3. The molecule has 1 aromatic heterocycles. The summed E-state index contributed by atoms with van der Waals surface area (Å²) in [5.41, 5.74) is 6.11. The van der Waals surface area contributed by atoms with Gasteiger partial charge in [-0.3, -0.25) is 4.68 Å². The first-order valence-electron chi connectivity index (χ1n) is 5.74. The minimum Gasteiger partial charge on any atom is -0.321 e. The first kappa shape index (κ1) is 10.6. The summed E-state index contributed by atoms with van der Waals surface area (Å²) < 4.78 is 1.85. The number of nitrogens with two attached hydrogens (primary N) is 1. The number of aryl methyl sites for hydroxylation is 1. The minimum absolute atomic E-state index is 0.0231. The fourth-order valence-corrected chi connectivity index (χ4v) is 1.87. The Morgan fingerprint density at radius 2 is 2.13 bits per heavy atom. The van der Waals surface area contributed by atoms with Crippen molar-refractivity contribution in [2.24, 2.45) is 18.7 Å². The topological polar surface area (TPSA) is 56.7 Å². The van der Waals surface area contributed by atoms with Crippen molar-refractivity contribution in [1.29, 1.82) is 0 Å². The van der Waals surface area contributed by atoms with Crippen LogP contribution in [0.25, 0.3) is 0 Å². The van der Waals surface area contributed by atoms with Gasteiger partial charge < -0.3 is 5.73 Å². The predicted octanol–water partition coefficient (Wildman–Crippen LogP) is 1.74. The van der Waals surface area contributed by atoms with Crippen LogP contribution in [0.2, 0.25) is 0 Å². The Morgan fingerprint density at radius 1 is 1.47 bits per heavy atom. The predicted molar refractivity (Wildman–Crippen MR) is 59.4 cm³/mol. The van der Waals surface area contributed by atoms with Crippen molar-refractivity contribution in [3.63, 3.8) is 0 Å². The molecular formula is C11H20N4. The van der Waals surface area contributed by atoms with Crippen LogP contribution in [0.5, 0.6) is 0 Å². The molecule has 0 amide bonds. The molecule has 1 saturated carbocycles. The maximum Gasteiger partial charge on any atom is 0.154 e. The molecule has 0 aromatic carbocycles. The smallest absolute Gasteiger partial charge is 0.154 e. The van der Waals surface area contributed by atoms with Crippen molar-refractivity contribution in [2.45, 2.75) is 45.1 Å². The zero-order chi connectivity index (χ0) is 11.0. The summed E-state index contributed by atoms with van der Waals surface area (Å²) in [7, 11) is 1.94. The van der Waals surface area contributed by atoms with Gasteiger partial charge in [0.05, 0.1) is 6.04 Å². The molecule has 0 spiro atoms. The van der Waals surface area contributed by atoms with E-state index in [1.54, 1.807) is 0 Å². The maximum absolute atomic E-state index is 6.11. The van der Waals surface area contributed by atoms with Crippen molar-refractivity contribution < 1.29 is 0 Å². The lowest BCUT2D eigenvalue weighted by molar-refractivity contribution is 0.477. The highest BCUT2D eigenvalue weighted by Gasteiger charge is 2.29. The zero-order valence-electron chi connectivity index (χ0n) is 9.77. The van der Waals surface area contributed by atoms with Crippen LogP contribution in [0.15, 0.2) is 0 Å². The van der Waals surface area contributed by atoms with E-state index in [-0.39, 0.29) is 6.04 Å². The van der Waals surface area contributed by atoms with E-state index in [1.807, 2.05) is 11.7 Å². The van der Waals surface area contributed by atoms with E-state index >= 15 is 0 Å². The molecule has 1 aliphatic carbocycles. The van der Waals surface area contributed by atoms with Gasteiger partial charge in [0, 0.05) is 13.0 Å². The lowest BCUT2D eigenvalue weighted by Crippen LogP contribution is -2.17. The summed E-state index contributed by atoms with van der Waals surface area (Å²) in [6.07, 6.45) is 3.45. The van der Waals surface area contributed by atoms with Gasteiger partial charge in [-0.15, -0.1) is 0 Å². The second kappa shape index (κ2) is 3.93. The fourth-order valence-electron chi connectivity index (χ4n) is 1.87. The Morgan fingerprint density at radius 3 is 2.67 bits per heavy atom. The van der Waals surface area contributed by atoms with Gasteiger partial charge in [0.15, 0.2) is 5.82 Å². The van der Waals surface area contributed by atoms with Crippen molar-refractivity contribution >= 4 is 0 Å². The Labute approximate surface area is 90.9 Å². The van der Waals surface area contributed by atoms with Gasteiger partial charge in [-0.05, 0) is 25.2 Å². The molecule has 1 fully saturated rings. The summed E-state index contributed by atoms with van der Waals surface area (Å²) in [6, 6.07) is 0.0231. The first-order chi connectivity index (χ1) is 7.08. The van der Waals surface area contributed by atoms with Crippen molar-refractivity contribution in [3.05, 3.63) is 11.6 Å². The third-order valence-electron chi connectivity index (χ3n) is 2.81. The number of hydrogen-bond acceptors (Lipinski definition) is 3. The molecule has 1 heterocycles. The summed E-state index contributed by atoms with van der Waals surface area (Å²) in [5.74, 6) is 3.13. The van der Waals surface area contributed by atoms with Gasteiger partial charge in [0.25, 0.3) is 0 Å². The van der Waals surface area contributed by atoms with Gasteiger partial charge >= 0.3 is 0 Å². The fraction of sp³-hybridized carbons (Fsp3) is 0.818. The molecule has 2 N–H and O–H groups in total. The summed E-state index contributed by atoms with van der Waals surface area (Å²) in [5, 5.41) is 4.43. The Balaban J connectivity index is 2.12. The van der Waals surface area contributed by atoms with E-state index in [2.05, 4.69) is 23.9 Å². The Kier molecular flexibility index (Phi) is 2.78. The van der Waals surface area contributed by atoms with Crippen LogP contribution in [0, 0.1) is 5.92 Å². The van der Waals surface area contributed by atoms with E-state index in [9.17, 15) is 0 Å². The highest BCUT2D eigenvalue weighted by Crippen LogP contribution is 2.38. The number of rotatable bonds is 4. The van der Waals surface area contributed by atoms with Crippen LogP contribution in [0.4, 0.5) is 0 Å². The monoisotopic (exact) mass is 208 g/mol. The van der Waals surface area contributed by atoms with E-state index in [0.29, 0.717) is 11.8 Å². The molecule has 0 radical (unpaired) electrons. The largest absolute Gasteiger partial charge is 0.321 e. The second-order valence-electron chi connectivity index (χ2n) is 4.96. The van der Waals surface area contributed by atoms with Crippen LogP contribution < -0.4 is 5.73 Å². The Hall–Kier alpha value is -0.900. The van der Waals surface area contributed by atoms with E-state index in [4.69, 9.17) is 5.73 Å². The zero-order valence-corrected chi connectivity index (χ0v) is 9.77. The molecule has 2 rings (SSSR count). The lowest BCUT2D eigenvalue weighted by Gasteiger charge is -2.12. The van der Waals surface area contributed by atoms with Crippen LogP contribution in [-0.2, 0) is 7.05 Å². The third kappa shape index (κ3) is 2.37. The lowest BCUT2D eigenvalue weighted by atomic mass is 10.0. The summed E-state index contributed by atoms with van der Waals surface area (Å²) in [4.78, 5) is 4.55. The minimum atomic E-state index is 0.0231. The van der Waals surface area contributed by atoms with Gasteiger partial charge in [0.2, 0.25) is 0 Å². The van der Waals surface area contributed by atoms with Gasteiger partial charge in [-0.25, -0.2) is 4.98 Å². The first-order valence-corrected chi connectivity index (χ1v) is 5.74. The maximum atomic E-state index is 6.11. The normalized spacial score (nSPS) is 18.5. The van der Waals surface area contributed by atoms with Crippen LogP contribution >= 0.6 is 0 Å². The number of hydrogen-bond donors (Lipinski definition) is 1. The van der Waals surface area contributed by atoms with E-state index in [0.717, 1.165) is 18.1 Å². The molecular weight excluding hydrogens is 188 g/mol. The van der Waals surface area contributed by atoms with Crippen LogP contribution in [0.3, 0.4) is 0 Å².